The van der Waals surface area contributed by atoms with Gasteiger partial charge in [0.05, 0.1) is 30.2 Å². The van der Waals surface area contributed by atoms with Gasteiger partial charge in [0.2, 0.25) is 15.9 Å². The molecule has 0 aliphatic carbocycles. The molecule has 0 spiro atoms. The van der Waals surface area contributed by atoms with E-state index in [2.05, 4.69) is 14.2 Å². The number of sulfonamides is 1. The molecule has 0 radical (unpaired) electrons. The van der Waals surface area contributed by atoms with Crippen LogP contribution in [0.2, 0.25) is 0 Å². The highest BCUT2D eigenvalue weighted by Crippen LogP contribution is 2.23. The van der Waals surface area contributed by atoms with Crippen molar-refractivity contribution in [3.8, 4) is 0 Å². The Morgan fingerprint density at radius 2 is 1.66 bits per heavy atom. The van der Waals surface area contributed by atoms with Gasteiger partial charge in [-0.1, -0.05) is 12.1 Å². The van der Waals surface area contributed by atoms with Crippen molar-refractivity contribution < 1.29 is 32.3 Å². The van der Waals surface area contributed by atoms with Crippen LogP contribution in [0.1, 0.15) is 45.5 Å². The van der Waals surface area contributed by atoms with Gasteiger partial charge in [0, 0.05) is 25.2 Å². The quantitative estimate of drug-likeness (QED) is 0.630. The van der Waals surface area contributed by atoms with E-state index in [0.717, 1.165) is 39.2 Å². The van der Waals surface area contributed by atoms with Crippen LogP contribution in [0.4, 0.5) is 5.69 Å². The summed E-state index contributed by atoms with van der Waals surface area (Å²) in [4.78, 5) is 37.4. The van der Waals surface area contributed by atoms with E-state index in [1.807, 2.05) is 6.07 Å². The minimum atomic E-state index is -4.08. The highest BCUT2D eigenvalue weighted by molar-refractivity contribution is 7.89. The maximum absolute atomic E-state index is 12.9. The van der Waals surface area contributed by atoms with Crippen molar-refractivity contribution in [3.05, 3.63) is 59.2 Å². The van der Waals surface area contributed by atoms with Gasteiger partial charge in [0.1, 0.15) is 0 Å². The molecule has 1 N–H and O–H groups in total. The third-order valence-electron chi connectivity index (χ3n) is 5.07. The van der Waals surface area contributed by atoms with Crippen LogP contribution in [0, 0.1) is 0 Å². The second kappa shape index (κ2) is 9.92. The SMILES string of the molecule is COC(=O)c1cc(C(=O)OC)cc(S(=O)(=O)NCc2cccc(N3CCCCC3=O)c2)c1. The van der Waals surface area contributed by atoms with Crippen LogP contribution in [0.25, 0.3) is 0 Å². The lowest BCUT2D eigenvalue weighted by Crippen LogP contribution is -2.35. The van der Waals surface area contributed by atoms with Crippen LogP contribution in [-0.2, 0) is 30.8 Å². The van der Waals surface area contributed by atoms with Crippen molar-refractivity contribution in [1.29, 1.82) is 0 Å². The van der Waals surface area contributed by atoms with E-state index in [-0.39, 0.29) is 28.5 Å². The van der Waals surface area contributed by atoms with Gasteiger partial charge in [-0.25, -0.2) is 22.7 Å². The Morgan fingerprint density at radius 1 is 1.00 bits per heavy atom. The molecule has 170 valence electrons. The monoisotopic (exact) mass is 460 g/mol. The molecule has 0 aromatic heterocycles. The highest BCUT2D eigenvalue weighted by atomic mass is 32.2. The molecule has 1 aliphatic rings. The summed E-state index contributed by atoms with van der Waals surface area (Å²) in [6, 6.07) is 10.5. The van der Waals surface area contributed by atoms with E-state index in [9.17, 15) is 22.8 Å². The summed E-state index contributed by atoms with van der Waals surface area (Å²) in [7, 11) is -1.78. The number of carbonyl (C=O) groups excluding carboxylic acids is 3. The molecule has 1 fully saturated rings. The van der Waals surface area contributed by atoms with E-state index in [4.69, 9.17) is 0 Å². The largest absolute Gasteiger partial charge is 0.465 e. The molecule has 2 aromatic rings. The van der Waals surface area contributed by atoms with E-state index >= 15 is 0 Å². The van der Waals surface area contributed by atoms with Gasteiger partial charge in [0.15, 0.2) is 0 Å². The van der Waals surface area contributed by atoms with Crippen LogP contribution in [0.15, 0.2) is 47.4 Å². The van der Waals surface area contributed by atoms with Crippen LogP contribution in [0.5, 0.6) is 0 Å². The van der Waals surface area contributed by atoms with Crippen molar-refractivity contribution >= 4 is 33.6 Å². The molecule has 3 rings (SSSR count). The minimum Gasteiger partial charge on any atom is -0.465 e. The highest BCUT2D eigenvalue weighted by Gasteiger charge is 2.22. The van der Waals surface area contributed by atoms with Gasteiger partial charge < -0.3 is 14.4 Å². The molecular weight excluding hydrogens is 436 g/mol. The Hall–Kier alpha value is -3.24. The zero-order chi connectivity index (χ0) is 23.3. The van der Waals surface area contributed by atoms with E-state index < -0.39 is 22.0 Å². The standard InChI is InChI=1S/C22H24N2O7S/c1-30-21(26)16-11-17(22(27)31-2)13-19(12-16)32(28,29)23-14-15-6-5-7-18(10-15)24-9-4-3-8-20(24)25/h5-7,10-13,23H,3-4,8-9,14H2,1-2H3. The molecule has 0 atom stereocenters. The van der Waals surface area contributed by atoms with Crippen molar-refractivity contribution in [1.82, 2.24) is 4.72 Å². The van der Waals surface area contributed by atoms with Gasteiger partial charge >= 0.3 is 11.9 Å². The molecule has 1 saturated heterocycles. The molecule has 0 bridgehead atoms. The van der Waals surface area contributed by atoms with E-state index in [1.54, 1.807) is 23.1 Å². The van der Waals surface area contributed by atoms with Crippen molar-refractivity contribution in [2.24, 2.45) is 0 Å². The minimum absolute atomic E-state index is 0.0453. The zero-order valence-electron chi connectivity index (χ0n) is 17.8. The number of benzene rings is 2. The lowest BCUT2D eigenvalue weighted by atomic mass is 10.1. The Kier molecular flexibility index (Phi) is 7.26. The Labute approximate surface area is 186 Å². The number of hydrogen-bond acceptors (Lipinski definition) is 7. The summed E-state index contributed by atoms with van der Waals surface area (Å²) in [5, 5.41) is 0. The second-order valence-electron chi connectivity index (χ2n) is 7.23. The molecule has 2 aromatic carbocycles. The lowest BCUT2D eigenvalue weighted by Gasteiger charge is -2.27. The number of nitrogens with one attached hydrogen (secondary N) is 1. The Balaban J connectivity index is 1.84. The van der Waals surface area contributed by atoms with Crippen molar-refractivity contribution in [2.75, 3.05) is 25.7 Å². The molecule has 0 saturated carbocycles. The van der Waals surface area contributed by atoms with E-state index in [1.165, 1.54) is 6.07 Å². The van der Waals surface area contributed by atoms with Crippen LogP contribution >= 0.6 is 0 Å². The predicted molar refractivity (Wildman–Crippen MR) is 116 cm³/mol. The predicted octanol–water partition coefficient (Wildman–Crippen LogP) is 2.26. The summed E-state index contributed by atoms with van der Waals surface area (Å²) in [6.45, 7) is 0.582. The molecule has 1 heterocycles. The number of rotatable bonds is 7. The number of amides is 1. The lowest BCUT2D eigenvalue weighted by molar-refractivity contribution is -0.119. The fraction of sp³-hybridized carbons (Fsp3) is 0.318. The van der Waals surface area contributed by atoms with Crippen LogP contribution in [0.3, 0.4) is 0 Å². The molecule has 32 heavy (non-hydrogen) atoms. The van der Waals surface area contributed by atoms with Crippen molar-refractivity contribution in [2.45, 2.75) is 30.7 Å². The fourth-order valence-electron chi connectivity index (χ4n) is 3.40. The first-order chi connectivity index (χ1) is 15.2. The number of piperidine rings is 1. The number of esters is 2. The molecular formula is C22H24N2O7S. The zero-order valence-corrected chi connectivity index (χ0v) is 18.6. The van der Waals surface area contributed by atoms with Gasteiger partial charge in [0.25, 0.3) is 0 Å². The normalized spacial score (nSPS) is 14.2. The maximum atomic E-state index is 12.9. The van der Waals surface area contributed by atoms with E-state index in [0.29, 0.717) is 24.2 Å². The molecule has 9 nitrogen and oxygen atoms in total. The number of methoxy groups -OCH3 is 2. The van der Waals surface area contributed by atoms with Crippen LogP contribution < -0.4 is 9.62 Å². The van der Waals surface area contributed by atoms with Gasteiger partial charge in [-0.3, -0.25) is 4.79 Å². The third kappa shape index (κ3) is 5.32. The Morgan fingerprint density at radius 3 is 2.25 bits per heavy atom. The topological polar surface area (TPSA) is 119 Å². The third-order valence-corrected chi connectivity index (χ3v) is 6.45. The maximum Gasteiger partial charge on any atom is 0.337 e. The number of hydrogen-bond donors (Lipinski definition) is 1. The first-order valence-corrected chi connectivity index (χ1v) is 11.4. The summed E-state index contributed by atoms with van der Waals surface area (Å²) in [5.41, 5.74) is 1.18. The Bertz CT molecular complexity index is 1110. The van der Waals surface area contributed by atoms with Crippen LogP contribution in [-0.4, -0.2) is 47.0 Å². The smallest absolute Gasteiger partial charge is 0.337 e. The number of ether oxygens (including phenoxy) is 2. The number of anilines is 1. The van der Waals surface area contributed by atoms with Gasteiger partial charge in [-0.2, -0.15) is 0 Å². The first-order valence-electron chi connectivity index (χ1n) is 9.96. The molecule has 0 unspecified atom stereocenters. The van der Waals surface area contributed by atoms with Gasteiger partial charge in [-0.15, -0.1) is 0 Å². The molecule has 1 amide bonds. The summed E-state index contributed by atoms with van der Waals surface area (Å²) < 4.78 is 37.5. The summed E-state index contributed by atoms with van der Waals surface area (Å²) >= 11 is 0. The number of nitrogens with zero attached hydrogens (tertiary/aromatic N) is 1. The molecule has 10 heteroatoms. The number of carbonyl (C=O) groups is 3. The average Bonchev–Trinajstić information content (AvgIpc) is 2.82. The first kappa shape index (κ1) is 23.4. The summed E-state index contributed by atoms with van der Waals surface area (Å²) in [5.74, 6) is -1.53. The van der Waals surface area contributed by atoms with Gasteiger partial charge in [-0.05, 0) is 48.7 Å². The fourth-order valence-corrected chi connectivity index (χ4v) is 4.49. The molecule has 1 aliphatic heterocycles. The second-order valence-corrected chi connectivity index (χ2v) is 8.99. The summed E-state index contributed by atoms with van der Waals surface area (Å²) in [6.07, 6.45) is 2.28. The average molecular weight is 461 g/mol. The van der Waals surface area contributed by atoms with Crippen molar-refractivity contribution in [3.63, 3.8) is 0 Å².